The Hall–Kier alpha value is -2.64. The van der Waals surface area contributed by atoms with E-state index >= 15 is 0 Å². The number of thioether (sulfide) groups is 1. The highest BCUT2D eigenvalue weighted by molar-refractivity contribution is 7.99. The molecule has 6 nitrogen and oxygen atoms in total. The summed E-state index contributed by atoms with van der Waals surface area (Å²) < 4.78 is 7.58. The molecular weight excluding hydrogens is 396 g/mol. The number of aryl methyl sites for hydroxylation is 2. The van der Waals surface area contributed by atoms with E-state index in [1.807, 2.05) is 16.7 Å². The third-order valence-electron chi connectivity index (χ3n) is 5.12. The van der Waals surface area contributed by atoms with Gasteiger partial charge in [-0.3, -0.25) is 9.36 Å². The molecule has 4 rings (SSSR count). The third-order valence-corrected chi connectivity index (χ3v) is 6.05. The predicted molar refractivity (Wildman–Crippen MR) is 119 cm³/mol. The summed E-state index contributed by atoms with van der Waals surface area (Å²) in [6.07, 6.45) is 2.22. The Morgan fingerprint density at radius 2 is 1.80 bits per heavy atom. The van der Waals surface area contributed by atoms with Crippen LogP contribution in [0.1, 0.15) is 24.0 Å². The van der Waals surface area contributed by atoms with E-state index in [-0.39, 0.29) is 17.8 Å². The molecule has 0 spiro atoms. The average Bonchev–Trinajstić information content (AvgIpc) is 3.42. The first-order chi connectivity index (χ1) is 14.6. The van der Waals surface area contributed by atoms with E-state index in [2.05, 4.69) is 65.8 Å². The van der Waals surface area contributed by atoms with Crippen LogP contribution in [0.2, 0.25) is 0 Å². The standard InChI is InChI=1S/C23H26N4O2S/c1-16-5-9-18(10-6-16)22-25-26-23(27(22)19-11-7-17(2)8-12-19)30-15-21(28)24-14-20-4-3-13-29-20/h5-12,20H,3-4,13-15H2,1-2H3,(H,24,28). The van der Waals surface area contributed by atoms with Crippen molar-refractivity contribution in [2.45, 2.75) is 37.9 Å². The van der Waals surface area contributed by atoms with E-state index in [4.69, 9.17) is 4.74 Å². The van der Waals surface area contributed by atoms with Crippen molar-refractivity contribution in [1.82, 2.24) is 20.1 Å². The zero-order valence-corrected chi connectivity index (χ0v) is 18.1. The highest BCUT2D eigenvalue weighted by atomic mass is 32.2. The summed E-state index contributed by atoms with van der Waals surface area (Å²) in [5, 5.41) is 12.5. The van der Waals surface area contributed by atoms with Gasteiger partial charge in [0.25, 0.3) is 0 Å². The van der Waals surface area contributed by atoms with Gasteiger partial charge in [0.2, 0.25) is 5.91 Å². The quantitative estimate of drug-likeness (QED) is 0.584. The molecule has 2 aromatic carbocycles. The van der Waals surface area contributed by atoms with Crippen LogP contribution in [0.4, 0.5) is 0 Å². The minimum Gasteiger partial charge on any atom is -0.376 e. The first-order valence-corrected chi connectivity index (χ1v) is 11.2. The molecule has 3 aromatic rings. The summed E-state index contributed by atoms with van der Waals surface area (Å²) in [5.74, 6) is 1.02. The Kier molecular flexibility index (Phi) is 6.50. The molecule has 7 heteroatoms. The molecule has 1 aliphatic heterocycles. The lowest BCUT2D eigenvalue weighted by molar-refractivity contribution is -0.119. The van der Waals surface area contributed by atoms with Crippen molar-refractivity contribution in [3.63, 3.8) is 0 Å². The summed E-state index contributed by atoms with van der Waals surface area (Å²) in [4.78, 5) is 12.3. The topological polar surface area (TPSA) is 69.0 Å². The minimum absolute atomic E-state index is 0.0224. The van der Waals surface area contributed by atoms with Crippen LogP contribution in [0.15, 0.2) is 53.7 Å². The fourth-order valence-corrected chi connectivity index (χ4v) is 4.18. The molecular formula is C23H26N4O2S. The summed E-state index contributed by atoms with van der Waals surface area (Å²) >= 11 is 1.39. The molecule has 0 radical (unpaired) electrons. The number of aromatic nitrogens is 3. The van der Waals surface area contributed by atoms with Gasteiger partial charge in [0, 0.05) is 24.4 Å². The van der Waals surface area contributed by atoms with E-state index in [1.165, 1.54) is 22.9 Å². The summed E-state index contributed by atoms with van der Waals surface area (Å²) in [6.45, 7) is 5.48. The van der Waals surface area contributed by atoms with Crippen molar-refractivity contribution in [1.29, 1.82) is 0 Å². The van der Waals surface area contributed by atoms with Crippen molar-refractivity contribution < 1.29 is 9.53 Å². The smallest absolute Gasteiger partial charge is 0.230 e. The van der Waals surface area contributed by atoms with Gasteiger partial charge in [-0.2, -0.15) is 0 Å². The molecule has 2 heterocycles. The Bertz CT molecular complexity index is 993. The Morgan fingerprint density at radius 3 is 2.47 bits per heavy atom. The van der Waals surface area contributed by atoms with Gasteiger partial charge in [0.1, 0.15) is 0 Å². The largest absolute Gasteiger partial charge is 0.376 e. The van der Waals surface area contributed by atoms with Crippen LogP contribution in [0, 0.1) is 13.8 Å². The lowest BCUT2D eigenvalue weighted by Gasteiger charge is -2.12. The van der Waals surface area contributed by atoms with E-state index < -0.39 is 0 Å². The third kappa shape index (κ3) is 4.91. The molecule has 1 aromatic heterocycles. The molecule has 1 aliphatic rings. The van der Waals surface area contributed by atoms with Gasteiger partial charge in [-0.05, 0) is 38.8 Å². The molecule has 1 unspecified atom stereocenters. The van der Waals surface area contributed by atoms with Crippen LogP contribution in [0.25, 0.3) is 17.1 Å². The Labute approximate surface area is 181 Å². The number of carbonyl (C=O) groups is 1. The summed E-state index contributed by atoms with van der Waals surface area (Å²) in [6, 6.07) is 16.5. The summed E-state index contributed by atoms with van der Waals surface area (Å²) in [7, 11) is 0. The molecule has 0 saturated carbocycles. The number of hydrogen-bond acceptors (Lipinski definition) is 5. The van der Waals surface area contributed by atoms with Crippen LogP contribution in [0.3, 0.4) is 0 Å². The van der Waals surface area contributed by atoms with Gasteiger partial charge < -0.3 is 10.1 Å². The number of rotatable bonds is 7. The van der Waals surface area contributed by atoms with Crippen molar-refractivity contribution in [2.24, 2.45) is 0 Å². The van der Waals surface area contributed by atoms with Crippen molar-refractivity contribution in [3.05, 3.63) is 59.7 Å². The Morgan fingerprint density at radius 1 is 1.10 bits per heavy atom. The second-order valence-corrected chi connectivity index (χ2v) is 8.51. The van der Waals surface area contributed by atoms with E-state index in [0.29, 0.717) is 11.7 Å². The van der Waals surface area contributed by atoms with Crippen molar-refractivity contribution in [3.8, 4) is 17.1 Å². The zero-order valence-electron chi connectivity index (χ0n) is 17.3. The number of nitrogens with one attached hydrogen (secondary N) is 1. The van der Waals surface area contributed by atoms with E-state index in [1.54, 1.807) is 0 Å². The van der Waals surface area contributed by atoms with Gasteiger partial charge in [-0.25, -0.2) is 0 Å². The van der Waals surface area contributed by atoms with E-state index in [9.17, 15) is 4.79 Å². The van der Waals surface area contributed by atoms with E-state index in [0.717, 1.165) is 36.5 Å². The minimum atomic E-state index is -0.0224. The number of nitrogens with zero attached hydrogens (tertiary/aromatic N) is 3. The van der Waals surface area contributed by atoms with Gasteiger partial charge in [-0.1, -0.05) is 59.3 Å². The maximum absolute atomic E-state index is 12.3. The lowest BCUT2D eigenvalue weighted by atomic mass is 10.1. The summed E-state index contributed by atoms with van der Waals surface area (Å²) in [5.41, 5.74) is 4.34. The molecule has 0 aliphatic carbocycles. The second kappa shape index (κ2) is 9.45. The zero-order chi connectivity index (χ0) is 20.9. The highest BCUT2D eigenvalue weighted by Crippen LogP contribution is 2.28. The van der Waals surface area contributed by atoms with Crippen LogP contribution >= 0.6 is 11.8 Å². The molecule has 156 valence electrons. The first-order valence-electron chi connectivity index (χ1n) is 10.2. The number of amides is 1. The molecule has 1 N–H and O–H groups in total. The number of benzene rings is 2. The highest BCUT2D eigenvalue weighted by Gasteiger charge is 2.19. The van der Waals surface area contributed by atoms with Crippen molar-refractivity contribution >= 4 is 17.7 Å². The molecule has 1 fully saturated rings. The van der Waals surface area contributed by atoms with Gasteiger partial charge in [0.15, 0.2) is 11.0 Å². The number of carbonyl (C=O) groups excluding carboxylic acids is 1. The number of hydrogen-bond donors (Lipinski definition) is 1. The van der Waals surface area contributed by atoms with Gasteiger partial charge >= 0.3 is 0 Å². The lowest BCUT2D eigenvalue weighted by Crippen LogP contribution is -2.32. The first kappa shape index (κ1) is 20.6. The maximum atomic E-state index is 12.3. The molecule has 1 amide bonds. The van der Waals surface area contributed by atoms with Crippen LogP contribution < -0.4 is 5.32 Å². The molecule has 1 saturated heterocycles. The average molecular weight is 423 g/mol. The predicted octanol–water partition coefficient (Wildman–Crippen LogP) is 3.94. The monoisotopic (exact) mass is 422 g/mol. The fourth-order valence-electron chi connectivity index (χ4n) is 3.39. The van der Waals surface area contributed by atoms with Crippen LogP contribution in [-0.2, 0) is 9.53 Å². The molecule has 0 bridgehead atoms. The van der Waals surface area contributed by atoms with Crippen LogP contribution in [0.5, 0.6) is 0 Å². The second-order valence-electron chi connectivity index (χ2n) is 7.57. The Balaban J connectivity index is 1.54. The normalized spacial score (nSPS) is 16.0. The SMILES string of the molecule is Cc1ccc(-c2nnc(SCC(=O)NCC3CCCO3)n2-c2ccc(C)cc2)cc1. The maximum Gasteiger partial charge on any atom is 0.230 e. The van der Waals surface area contributed by atoms with Crippen molar-refractivity contribution in [2.75, 3.05) is 18.9 Å². The van der Waals surface area contributed by atoms with Crippen LogP contribution in [-0.4, -0.2) is 45.7 Å². The fraction of sp³-hybridized carbons (Fsp3) is 0.348. The molecule has 30 heavy (non-hydrogen) atoms. The van der Waals surface area contributed by atoms with Gasteiger partial charge in [-0.15, -0.1) is 10.2 Å². The molecule has 1 atom stereocenters. The van der Waals surface area contributed by atoms with Gasteiger partial charge in [0.05, 0.1) is 11.9 Å². The number of ether oxygens (including phenoxy) is 1.